The van der Waals surface area contributed by atoms with Gasteiger partial charge in [-0.3, -0.25) is 0 Å². The standard InChI is InChI=1S/C20H20N4O.C18H20N4O.C11H18BNO3.C11H12BrN3O.C8H18O3.C6H6Br2N2.3CH4/c1-12-17(18-13(2)23-25-14(18)3)10-21-20-19(12)24(15(4)22-20)11-16-8-6-5-7-9-16;1-11-15(16-12(2)22-23-13(16)3)10-21-18(19)17(11)20-9-14-7-5-4-6-8-14;1-7-9(8(2)14-13-7)12-15-10(3,4)11(5,6)16-12;1-5-8(4-14-11(13)10(5)12)9-6(2)15-16-7(9)3;1-5-9-8(4,10-6-2)11-7-3;1-3-4(7)2-10-6(9)5(3)8;;;/h5-10H,11H2,1-4H3;4-8,10,20H,9H2,1-3H3,(H2,19,21);1-6H3;4H,1-3H3,(H2,13,14);5-7H2,1-4H3;2H,1H3,(H2,9,10);3*1H4. The number of fused-ring (bicyclic) bond motifs is 1. The van der Waals surface area contributed by atoms with Crippen LogP contribution in [0.25, 0.3) is 44.5 Å². The molecule has 2 aromatic carbocycles. The van der Waals surface area contributed by atoms with Gasteiger partial charge in [-0.15, -0.1) is 0 Å². The van der Waals surface area contributed by atoms with E-state index in [4.69, 9.17) is 58.8 Å². The number of nitrogens with zero attached hydrogens (tertiary/aromatic N) is 10. The molecule has 0 saturated carbocycles. The van der Waals surface area contributed by atoms with Crippen molar-refractivity contribution < 1.29 is 41.6 Å². The number of nitrogens with one attached hydrogen (secondary N) is 1. The molecule has 23 nitrogen and oxygen atoms in total. The van der Waals surface area contributed by atoms with Gasteiger partial charge in [-0.2, -0.15) is 0 Å². The smallest absolute Gasteiger partial charge is 0.399 e. The Bertz CT molecular complexity index is 4440. The van der Waals surface area contributed by atoms with E-state index in [1.54, 1.807) is 25.5 Å². The first-order valence-corrected chi connectivity index (χ1v) is 35.4. The van der Waals surface area contributed by atoms with E-state index >= 15 is 0 Å². The highest BCUT2D eigenvalue weighted by Gasteiger charge is 2.53. The number of halogens is 3. The Labute approximate surface area is 639 Å². The average molecular weight is 1620 g/mol. The van der Waals surface area contributed by atoms with Crippen LogP contribution in [-0.2, 0) is 36.6 Å². The minimum Gasteiger partial charge on any atom is -0.399 e. The minimum absolute atomic E-state index is 0. The summed E-state index contributed by atoms with van der Waals surface area (Å²) in [6.07, 6.45) is 7.10. The summed E-state index contributed by atoms with van der Waals surface area (Å²) >= 11 is 10.1. The van der Waals surface area contributed by atoms with Gasteiger partial charge in [0.2, 0.25) is 0 Å². The molecule has 9 aromatic heterocycles. The first-order valence-electron chi connectivity index (χ1n) is 33.1. The molecule has 27 heteroatoms. The molecule has 10 heterocycles. The van der Waals surface area contributed by atoms with E-state index < -0.39 is 5.97 Å². The van der Waals surface area contributed by atoms with Gasteiger partial charge in [0.05, 0.1) is 54.1 Å². The first-order chi connectivity index (χ1) is 47.7. The lowest BCUT2D eigenvalue weighted by atomic mass is 9.77. The third-order valence-electron chi connectivity index (χ3n) is 17.3. The Morgan fingerprint density at radius 3 is 1.32 bits per heavy atom. The lowest BCUT2D eigenvalue weighted by molar-refractivity contribution is -0.365. The lowest BCUT2D eigenvalue weighted by Gasteiger charge is -2.32. The number of anilines is 4. The van der Waals surface area contributed by atoms with Gasteiger partial charge >= 0.3 is 7.12 Å². The highest BCUT2D eigenvalue weighted by atomic mass is 79.9. The molecule has 1 saturated heterocycles. The first kappa shape index (κ1) is 88.3. The monoisotopic (exact) mass is 1620 g/mol. The van der Waals surface area contributed by atoms with Crippen molar-refractivity contribution in [3.05, 3.63) is 184 Å². The van der Waals surface area contributed by atoms with Gasteiger partial charge in [-0.05, 0) is 220 Å². The van der Waals surface area contributed by atoms with E-state index in [9.17, 15) is 0 Å². The molecular formula is C77H106BBr3N14O9. The van der Waals surface area contributed by atoms with E-state index in [0.717, 1.165) is 150 Å². The zero-order valence-electron chi connectivity index (χ0n) is 61.7. The maximum absolute atomic E-state index is 6.07. The number of hydrogen-bond acceptors (Lipinski definition) is 22. The Morgan fingerprint density at radius 1 is 0.500 bits per heavy atom. The second-order valence-electron chi connectivity index (χ2n) is 25.1. The summed E-state index contributed by atoms with van der Waals surface area (Å²) < 4.78 is 53.5. The number of nitrogens with two attached hydrogens (primary N) is 3. The summed E-state index contributed by atoms with van der Waals surface area (Å²) in [6, 6.07) is 20.6. The molecule has 0 unspecified atom stereocenters. The number of rotatable bonds is 15. The van der Waals surface area contributed by atoms with Crippen molar-refractivity contribution in [3.63, 3.8) is 0 Å². The summed E-state index contributed by atoms with van der Waals surface area (Å²) in [4.78, 5) is 21.7. The second kappa shape index (κ2) is 38.7. The average Bonchev–Trinajstić information content (AvgIpc) is 1.55. The van der Waals surface area contributed by atoms with Crippen LogP contribution in [0.15, 0.2) is 117 Å². The number of nitrogen functional groups attached to an aromatic ring is 3. The molecule has 0 amide bonds. The maximum atomic E-state index is 6.07. The summed E-state index contributed by atoms with van der Waals surface area (Å²) in [5, 5.41) is 19.4. The van der Waals surface area contributed by atoms with Crippen LogP contribution in [0.2, 0.25) is 0 Å². The van der Waals surface area contributed by atoms with Crippen molar-refractivity contribution in [2.24, 2.45) is 0 Å². The molecule has 0 aliphatic carbocycles. The fourth-order valence-electron chi connectivity index (χ4n) is 11.2. The Balaban J connectivity index is 0.000000270. The third-order valence-corrected chi connectivity index (χ3v) is 20.1. The van der Waals surface area contributed by atoms with Gasteiger partial charge in [-0.1, -0.05) is 104 Å². The van der Waals surface area contributed by atoms with Gasteiger partial charge in [0, 0.05) is 108 Å². The number of ether oxygens (including phenoxy) is 3. The number of hydrogen-bond donors (Lipinski definition) is 4. The highest BCUT2D eigenvalue weighted by Crippen LogP contribution is 2.39. The van der Waals surface area contributed by atoms with Gasteiger partial charge in [0.15, 0.2) is 5.65 Å². The normalized spacial score (nSPS) is 12.5. The number of imidazole rings is 1. The molecule has 12 rings (SSSR count). The largest absolute Gasteiger partial charge is 0.500 e. The van der Waals surface area contributed by atoms with Gasteiger partial charge in [0.25, 0.3) is 5.97 Å². The summed E-state index contributed by atoms with van der Waals surface area (Å²) in [5.41, 5.74) is 36.5. The van der Waals surface area contributed by atoms with E-state index in [-0.39, 0.29) is 40.6 Å². The quantitative estimate of drug-likeness (QED) is 0.0547. The van der Waals surface area contributed by atoms with Crippen molar-refractivity contribution in [1.82, 2.24) is 50.1 Å². The Kier molecular flexibility index (Phi) is 32.9. The lowest BCUT2D eigenvalue weighted by Crippen LogP contribution is -2.41. The molecule has 1 aliphatic rings. The summed E-state index contributed by atoms with van der Waals surface area (Å²) in [5.74, 6) is 4.78. The van der Waals surface area contributed by atoms with E-state index in [0.29, 0.717) is 43.8 Å². The van der Waals surface area contributed by atoms with E-state index in [1.165, 1.54) is 11.1 Å². The van der Waals surface area contributed by atoms with Crippen LogP contribution in [-0.4, -0.2) is 94.2 Å². The van der Waals surface area contributed by atoms with Crippen molar-refractivity contribution in [2.75, 3.05) is 42.3 Å². The number of pyridine rings is 4. The molecule has 1 fully saturated rings. The zero-order chi connectivity index (χ0) is 74.4. The van der Waals surface area contributed by atoms with E-state index in [1.807, 2.05) is 162 Å². The zero-order valence-corrected chi connectivity index (χ0v) is 66.5. The molecule has 562 valence electrons. The van der Waals surface area contributed by atoms with Crippen molar-refractivity contribution in [3.8, 4) is 33.4 Å². The van der Waals surface area contributed by atoms with Crippen LogP contribution in [0.5, 0.6) is 0 Å². The molecule has 11 aromatic rings. The van der Waals surface area contributed by atoms with Gasteiger partial charge < -0.3 is 68.7 Å². The van der Waals surface area contributed by atoms with Crippen molar-refractivity contribution in [2.45, 2.75) is 198 Å². The maximum Gasteiger partial charge on any atom is 0.500 e. The van der Waals surface area contributed by atoms with Crippen LogP contribution < -0.4 is 28.0 Å². The van der Waals surface area contributed by atoms with Crippen molar-refractivity contribution in [1.29, 1.82) is 0 Å². The SMILES string of the molecule is C.C.C.CCOC(C)(OCC)OCC.Cc1c(Br)cnc(N)c1Br.Cc1noc(C)c1-c1cnc(N)c(Br)c1C.Cc1noc(C)c1-c1cnc(N)c(NCc2ccccc2)c1C.Cc1noc(C)c1-c1cnc2nc(C)n(Cc3ccccc3)c2c1C.Cc1noc(C)c1B1OC(C)(C)C(C)(C)O1. The molecule has 0 spiro atoms. The fraction of sp³-hybridized carbons (Fsp3) is 0.416. The fourth-order valence-corrected chi connectivity index (χ4v) is 12.4. The highest BCUT2D eigenvalue weighted by molar-refractivity contribution is 9.11. The van der Waals surface area contributed by atoms with Crippen LogP contribution in [0.3, 0.4) is 0 Å². The number of aryl methyl sites for hydroxylation is 10. The topological polar surface area (TPSA) is 310 Å². The predicted octanol–water partition coefficient (Wildman–Crippen LogP) is 19.0. The molecule has 0 radical (unpaired) electrons. The molecule has 1 aliphatic heterocycles. The third kappa shape index (κ3) is 21.1. The van der Waals surface area contributed by atoms with Gasteiger partial charge in [0.1, 0.15) is 46.3 Å². The summed E-state index contributed by atoms with van der Waals surface area (Å²) in [6.45, 7) is 44.3. The van der Waals surface area contributed by atoms with Crippen LogP contribution in [0, 0.1) is 90.0 Å². The predicted molar refractivity (Wildman–Crippen MR) is 430 cm³/mol. The molecule has 0 bridgehead atoms. The molecular weight excluding hydrogens is 1520 g/mol. The Hall–Kier alpha value is -8.15. The molecule has 0 atom stereocenters. The van der Waals surface area contributed by atoms with Crippen LogP contribution in [0.4, 0.5) is 23.1 Å². The van der Waals surface area contributed by atoms with Gasteiger partial charge in [-0.25, -0.2) is 24.9 Å². The molecule has 7 N–H and O–H groups in total. The van der Waals surface area contributed by atoms with Crippen LogP contribution >= 0.6 is 47.8 Å². The summed E-state index contributed by atoms with van der Waals surface area (Å²) in [7, 11) is -0.378. The van der Waals surface area contributed by atoms with Crippen LogP contribution in [0.1, 0.15) is 163 Å². The van der Waals surface area contributed by atoms with Crippen molar-refractivity contribution >= 4 is 94.7 Å². The number of benzene rings is 2. The molecule has 104 heavy (non-hydrogen) atoms. The second-order valence-corrected chi connectivity index (χ2v) is 27.5. The van der Waals surface area contributed by atoms with E-state index in [2.05, 4.69) is 147 Å². The minimum atomic E-state index is -0.849. The number of aromatic nitrogens is 10. The Morgan fingerprint density at radius 2 is 0.894 bits per heavy atom.